The molecule has 25 heavy (non-hydrogen) atoms. The first-order valence-corrected chi connectivity index (χ1v) is 7.79. The van der Waals surface area contributed by atoms with E-state index in [1.807, 2.05) is 37.3 Å². The van der Waals surface area contributed by atoms with Crippen molar-refractivity contribution in [3.8, 4) is 11.5 Å². The van der Waals surface area contributed by atoms with Crippen LogP contribution < -0.4 is 14.8 Å². The number of allylic oxidation sites excluding steroid dienone is 5. The van der Waals surface area contributed by atoms with Crippen molar-refractivity contribution in [2.45, 2.75) is 13.3 Å². The maximum Gasteiger partial charge on any atom is 0.307 e. The van der Waals surface area contributed by atoms with E-state index in [0.717, 1.165) is 16.7 Å². The van der Waals surface area contributed by atoms with E-state index < -0.39 is 5.97 Å². The van der Waals surface area contributed by atoms with E-state index in [1.165, 1.54) is 0 Å². The molecule has 0 aliphatic rings. The molecule has 0 amide bonds. The minimum Gasteiger partial charge on any atom is -0.496 e. The van der Waals surface area contributed by atoms with Gasteiger partial charge in [0.05, 0.1) is 26.2 Å². The van der Waals surface area contributed by atoms with Crippen LogP contribution in [0.4, 0.5) is 0 Å². The summed E-state index contributed by atoms with van der Waals surface area (Å²) in [5, 5.41) is 12.0. The Labute approximate surface area is 149 Å². The lowest BCUT2D eigenvalue weighted by Crippen LogP contribution is -1.99. The van der Waals surface area contributed by atoms with Crippen molar-refractivity contribution in [2.75, 3.05) is 21.3 Å². The quantitative estimate of drug-likeness (QED) is 0.668. The van der Waals surface area contributed by atoms with Crippen LogP contribution in [0, 0.1) is 0 Å². The van der Waals surface area contributed by atoms with Gasteiger partial charge in [-0.25, -0.2) is 0 Å². The van der Waals surface area contributed by atoms with Crippen molar-refractivity contribution in [2.24, 2.45) is 0 Å². The van der Waals surface area contributed by atoms with Gasteiger partial charge in [0, 0.05) is 7.05 Å². The molecule has 0 aliphatic heterocycles. The second kappa shape index (κ2) is 10.0. The summed E-state index contributed by atoms with van der Waals surface area (Å²) in [7, 11) is 5.00. The van der Waals surface area contributed by atoms with Gasteiger partial charge >= 0.3 is 5.97 Å². The molecule has 0 atom stereocenters. The summed E-state index contributed by atoms with van der Waals surface area (Å²) in [6.07, 6.45) is 7.05. The highest BCUT2D eigenvalue weighted by Gasteiger charge is 2.14. The third-order valence-electron chi connectivity index (χ3n) is 3.61. The normalized spacial score (nSPS) is 12.6. The first-order valence-electron chi connectivity index (χ1n) is 7.79. The maximum absolute atomic E-state index is 11.0. The number of hydrogen-bond donors (Lipinski definition) is 2. The van der Waals surface area contributed by atoms with Gasteiger partial charge in [-0.15, -0.1) is 0 Å². The molecule has 0 radical (unpaired) electrons. The molecule has 0 aromatic heterocycles. The van der Waals surface area contributed by atoms with Gasteiger partial charge in [-0.2, -0.15) is 0 Å². The number of rotatable bonds is 9. The number of aliphatic carboxylic acids is 1. The molecular weight excluding hydrogens is 318 g/mol. The fourth-order valence-corrected chi connectivity index (χ4v) is 2.37. The minimum atomic E-state index is -0.898. The Kier molecular flexibility index (Phi) is 8.06. The van der Waals surface area contributed by atoms with E-state index in [9.17, 15) is 4.79 Å². The third kappa shape index (κ3) is 5.57. The van der Waals surface area contributed by atoms with Crippen molar-refractivity contribution in [3.63, 3.8) is 0 Å². The van der Waals surface area contributed by atoms with Gasteiger partial charge in [-0.05, 0) is 48.1 Å². The van der Waals surface area contributed by atoms with Crippen molar-refractivity contribution < 1.29 is 19.4 Å². The topological polar surface area (TPSA) is 67.8 Å². The van der Waals surface area contributed by atoms with E-state index >= 15 is 0 Å². The molecule has 0 aliphatic carbocycles. The average molecular weight is 343 g/mol. The zero-order valence-corrected chi connectivity index (χ0v) is 15.1. The number of hydrogen-bond acceptors (Lipinski definition) is 4. The predicted octanol–water partition coefficient (Wildman–Crippen LogP) is 3.80. The average Bonchev–Trinajstić information content (AvgIpc) is 2.61. The van der Waals surface area contributed by atoms with Crippen LogP contribution in [0.3, 0.4) is 0 Å². The summed E-state index contributed by atoms with van der Waals surface area (Å²) in [4.78, 5) is 11.0. The first kappa shape index (κ1) is 20.1. The molecular formula is C20H25NO4. The molecule has 1 aromatic rings. The number of carboxylic acid groups (broad SMARTS) is 1. The summed E-state index contributed by atoms with van der Waals surface area (Å²) in [6, 6.07) is 5.55. The van der Waals surface area contributed by atoms with E-state index in [2.05, 4.69) is 11.9 Å². The zero-order valence-electron chi connectivity index (χ0n) is 15.1. The molecule has 0 bridgehead atoms. The molecule has 0 saturated heterocycles. The van der Waals surface area contributed by atoms with Crippen LogP contribution in [0.15, 0.2) is 60.4 Å². The lowest BCUT2D eigenvalue weighted by atomic mass is 9.98. The van der Waals surface area contributed by atoms with Gasteiger partial charge in [-0.3, -0.25) is 4.79 Å². The van der Waals surface area contributed by atoms with Crippen molar-refractivity contribution in [3.05, 3.63) is 65.9 Å². The molecule has 1 aromatic carbocycles. The number of ether oxygens (including phenoxy) is 2. The van der Waals surface area contributed by atoms with Crippen LogP contribution in [0.1, 0.15) is 18.9 Å². The number of carboxylic acids is 1. The minimum absolute atomic E-state index is 0.0854. The Bertz CT molecular complexity index is 692. The van der Waals surface area contributed by atoms with Crippen LogP contribution in [0.2, 0.25) is 0 Å². The molecule has 1 rings (SSSR count). The Balaban J connectivity index is 3.60. The number of benzene rings is 1. The first-order chi connectivity index (χ1) is 12.0. The van der Waals surface area contributed by atoms with E-state index in [-0.39, 0.29) is 6.42 Å². The summed E-state index contributed by atoms with van der Waals surface area (Å²) in [5.74, 6) is 0.430. The van der Waals surface area contributed by atoms with Gasteiger partial charge in [0.1, 0.15) is 11.5 Å². The SMILES string of the molecule is C=C/C(CC(=O)O)=C(C)/C=C(\C=C/NC)c1c(OC)cccc1OC. The zero-order chi connectivity index (χ0) is 18.8. The lowest BCUT2D eigenvalue weighted by Gasteiger charge is -2.15. The van der Waals surface area contributed by atoms with Gasteiger partial charge in [-0.1, -0.05) is 24.8 Å². The summed E-state index contributed by atoms with van der Waals surface area (Å²) >= 11 is 0. The van der Waals surface area contributed by atoms with Gasteiger partial charge in [0.25, 0.3) is 0 Å². The van der Waals surface area contributed by atoms with E-state index in [1.54, 1.807) is 33.5 Å². The Morgan fingerprint density at radius 2 is 1.88 bits per heavy atom. The largest absolute Gasteiger partial charge is 0.496 e. The third-order valence-corrected chi connectivity index (χ3v) is 3.61. The van der Waals surface area contributed by atoms with Crippen molar-refractivity contribution >= 4 is 11.5 Å². The number of nitrogens with one attached hydrogen (secondary N) is 1. The molecule has 0 fully saturated rings. The smallest absolute Gasteiger partial charge is 0.307 e. The summed E-state index contributed by atoms with van der Waals surface area (Å²) in [6.45, 7) is 5.57. The lowest BCUT2D eigenvalue weighted by molar-refractivity contribution is -0.136. The van der Waals surface area contributed by atoms with Crippen LogP contribution >= 0.6 is 0 Å². The molecule has 2 N–H and O–H groups in total. The molecule has 0 spiro atoms. The standard InChI is InChI=1S/C20H25NO4/c1-6-15(13-19(22)23)14(2)12-16(10-11-21-3)20-17(24-4)8-7-9-18(20)25-5/h6-12,21H,1,13H2,2-5H3,(H,22,23)/b11-10-,15-14-,16-12+. The molecule has 0 saturated carbocycles. The van der Waals surface area contributed by atoms with E-state index in [0.29, 0.717) is 17.1 Å². The van der Waals surface area contributed by atoms with Gasteiger partial charge in [0.2, 0.25) is 0 Å². The maximum atomic E-state index is 11.0. The highest BCUT2D eigenvalue weighted by atomic mass is 16.5. The fourth-order valence-electron chi connectivity index (χ4n) is 2.37. The number of methoxy groups -OCH3 is 2. The molecule has 0 unspecified atom stereocenters. The van der Waals surface area contributed by atoms with Crippen molar-refractivity contribution in [1.82, 2.24) is 5.32 Å². The fraction of sp³-hybridized carbons (Fsp3) is 0.250. The summed E-state index contributed by atoms with van der Waals surface area (Å²) in [5.41, 5.74) is 3.07. The Morgan fingerprint density at radius 3 is 2.32 bits per heavy atom. The van der Waals surface area contributed by atoms with Crippen molar-refractivity contribution in [1.29, 1.82) is 0 Å². The summed E-state index contributed by atoms with van der Waals surface area (Å²) < 4.78 is 11.0. The Morgan fingerprint density at radius 1 is 1.28 bits per heavy atom. The van der Waals surface area contributed by atoms with Crippen LogP contribution in [0.5, 0.6) is 11.5 Å². The van der Waals surface area contributed by atoms with Gasteiger partial charge < -0.3 is 19.9 Å². The molecule has 5 heteroatoms. The molecule has 5 nitrogen and oxygen atoms in total. The number of carbonyl (C=O) groups is 1. The Hall–Kier alpha value is -2.95. The monoisotopic (exact) mass is 343 g/mol. The van der Waals surface area contributed by atoms with Crippen LogP contribution in [-0.4, -0.2) is 32.3 Å². The molecule has 0 heterocycles. The van der Waals surface area contributed by atoms with Crippen LogP contribution in [0.25, 0.3) is 5.57 Å². The molecule has 134 valence electrons. The van der Waals surface area contributed by atoms with Crippen LogP contribution in [-0.2, 0) is 4.79 Å². The van der Waals surface area contributed by atoms with Gasteiger partial charge in [0.15, 0.2) is 0 Å². The van der Waals surface area contributed by atoms with E-state index in [4.69, 9.17) is 14.6 Å². The highest BCUT2D eigenvalue weighted by molar-refractivity contribution is 5.83. The second-order valence-electron chi connectivity index (χ2n) is 5.24. The highest BCUT2D eigenvalue weighted by Crippen LogP contribution is 2.36. The predicted molar refractivity (Wildman–Crippen MR) is 101 cm³/mol. The second-order valence-corrected chi connectivity index (χ2v) is 5.24.